The third-order valence-corrected chi connectivity index (χ3v) is 7.45. The molecule has 1 saturated heterocycles. The summed E-state index contributed by atoms with van der Waals surface area (Å²) in [5.41, 5.74) is 3.08. The number of piperidine rings is 1. The number of likely N-dealkylation sites (tertiary alicyclic amines) is 1. The zero-order chi connectivity index (χ0) is 20.9. The molecule has 0 aliphatic carbocycles. The van der Waals surface area contributed by atoms with Crippen LogP contribution in [0.2, 0.25) is 0 Å². The molecular weight excluding hydrogens is 414 g/mol. The van der Waals surface area contributed by atoms with Gasteiger partial charge in [0, 0.05) is 17.5 Å². The normalized spacial score (nSPS) is 15.7. The van der Waals surface area contributed by atoms with Gasteiger partial charge in [0.15, 0.2) is 0 Å². The fourth-order valence-electron chi connectivity index (χ4n) is 3.90. The summed E-state index contributed by atoms with van der Waals surface area (Å²) in [5.74, 6) is 0.809. The van der Waals surface area contributed by atoms with Crippen LogP contribution in [-0.2, 0) is 0 Å². The van der Waals surface area contributed by atoms with Crippen LogP contribution in [0.15, 0.2) is 41.1 Å². The summed E-state index contributed by atoms with van der Waals surface area (Å²) in [6.45, 7) is 4.62. The first kappa shape index (κ1) is 21.0. The Hall–Kier alpha value is -2.22. The van der Waals surface area contributed by atoms with Gasteiger partial charge in [-0.1, -0.05) is 18.6 Å². The van der Waals surface area contributed by atoms with E-state index in [-0.39, 0.29) is 11.9 Å². The molecule has 0 spiro atoms. The van der Waals surface area contributed by atoms with Gasteiger partial charge in [0.25, 0.3) is 5.91 Å². The molecular formula is C23H27N3O2S2. The number of carbonyl (C=O) groups excluding carboxylic acids is 1. The van der Waals surface area contributed by atoms with Crippen molar-refractivity contribution in [2.75, 3.05) is 26.7 Å². The molecule has 158 valence electrons. The van der Waals surface area contributed by atoms with E-state index in [0.29, 0.717) is 11.4 Å². The van der Waals surface area contributed by atoms with Crippen LogP contribution in [0.3, 0.4) is 0 Å². The number of aryl methyl sites for hydroxylation is 1. The Morgan fingerprint density at radius 3 is 2.63 bits per heavy atom. The first-order valence-electron chi connectivity index (χ1n) is 10.3. The Kier molecular flexibility index (Phi) is 6.82. The van der Waals surface area contributed by atoms with Gasteiger partial charge in [0.2, 0.25) is 0 Å². The monoisotopic (exact) mass is 441 g/mol. The van der Waals surface area contributed by atoms with Gasteiger partial charge < -0.3 is 10.1 Å². The smallest absolute Gasteiger partial charge is 0.263 e. The number of thiazole rings is 1. The zero-order valence-electron chi connectivity index (χ0n) is 17.4. The van der Waals surface area contributed by atoms with Crippen molar-refractivity contribution in [3.8, 4) is 16.3 Å². The Morgan fingerprint density at radius 1 is 1.20 bits per heavy atom. The van der Waals surface area contributed by atoms with Gasteiger partial charge in [-0.2, -0.15) is 11.3 Å². The van der Waals surface area contributed by atoms with Crippen LogP contribution in [0, 0.1) is 6.92 Å². The summed E-state index contributed by atoms with van der Waals surface area (Å²) in [6, 6.07) is 10.4. The minimum absolute atomic E-state index is 0.0398. The molecule has 1 aliphatic heterocycles. The molecule has 0 saturated carbocycles. The Balaban J connectivity index is 1.49. The molecule has 30 heavy (non-hydrogen) atoms. The summed E-state index contributed by atoms with van der Waals surface area (Å²) < 4.78 is 5.31. The third kappa shape index (κ3) is 4.74. The van der Waals surface area contributed by atoms with Crippen LogP contribution in [0.25, 0.3) is 10.6 Å². The van der Waals surface area contributed by atoms with Gasteiger partial charge in [-0.25, -0.2) is 4.98 Å². The number of aromatic nitrogens is 1. The highest BCUT2D eigenvalue weighted by Crippen LogP contribution is 2.30. The quantitative estimate of drug-likeness (QED) is 0.551. The van der Waals surface area contributed by atoms with E-state index in [4.69, 9.17) is 4.74 Å². The first-order valence-corrected chi connectivity index (χ1v) is 12.1. The average Bonchev–Trinajstić information content (AvgIpc) is 3.45. The largest absolute Gasteiger partial charge is 0.497 e. The molecule has 1 aromatic carbocycles. The predicted octanol–water partition coefficient (Wildman–Crippen LogP) is 5.15. The lowest BCUT2D eigenvalue weighted by Crippen LogP contribution is -2.40. The number of rotatable bonds is 7. The zero-order valence-corrected chi connectivity index (χ0v) is 19.0. The highest BCUT2D eigenvalue weighted by Gasteiger charge is 2.24. The van der Waals surface area contributed by atoms with E-state index in [1.807, 2.05) is 30.5 Å². The summed E-state index contributed by atoms with van der Waals surface area (Å²) in [4.78, 5) is 20.8. The molecule has 1 N–H and O–H groups in total. The predicted molar refractivity (Wildman–Crippen MR) is 124 cm³/mol. The fourth-order valence-corrected chi connectivity index (χ4v) is 5.59. The maximum absolute atomic E-state index is 13.0. The molecule has 5 nitrogen and oxygen atoms in total. The highest BCUT2D eigenvalue weighted by atomic mass is 32.1. The van der Waals surface area contributed by atoms with Gasteiger partial charge in [0.1, 0.15) is 15.6 Å². The van der Waals surface area contributed by atoms with Crippen LogP contribution < -0.4 is 10.1 Å². The van der Waals surface area contributed by atoms with Gasteiger partial charge >= 0.3 is 0 Å². The standard InChI is InChI=1S/C23H27N3O2S2/c1-16-21(30-23(25-16)18-10-13-29-15-18)22(27)24-14-20(26-11-4-3-5-12-26)17-6-8-19(28-2)9-7-17/h6-10,13,15,20H,3-5,11-12,14H2,1-2H3,(H,24,27). The minimum atomic E-state index is -0.0398. The van der Waals surface area contributed by atoms with E-state index in [1.54, 1.807) is 18.4 Å². The second kappa shape index (κ2) is 9.73. The van der Waals surface area contributed by atoms with Crippen LogP contribution in [-0.4, -0.2) is 42.5 Å². The second-order valence-corrected chi connectivity index (χ2v) is 9.32. The molecule has 2 aromatic heterocycles. The number of hydrogen-bond acceptors (Lipinski definition) is 6. The van der Waals surface area contributed by atoms with E-state index < -0.39 is 0 Å². The molecule has 4 rings (SSSR count). The Labute approximate surface area is 185 Å². The van der Waals surface area contributed by atoms with Crippen LogP contribution in [0.4, 0.5) is 0 Å². The van der Waals surface area contributed by atoms with Gasteiger partial charge in [-0.3, -0.25) is 9.69 Å². The summed E-state index contributed by atoms with van der Waals surface area (Å²) in [6.07, 6.45) is 3.70. The lowest BCUT2D eigenvalue weighted by Gasteiger charge is -2.35. The number of amides is 1. The molecule has 1 fully saturated rings. The molecule has 0 radical (unpaired) electrons. The van der Waals surface area contributed by atoms with Crippen molar-refractivity contribution >= 4 is 28.6 Å². The third-order valence-electron chi connectivity index (χ3n) is 5.56. The van der Waals surface area contributed by atoms with Crippen molar-refractivity contribution in [2.45, 2.75) is 32.2 Å². The number of thiophene rings is 1. The Morgan fingerprint density at radius 2 is 1.97 bits per heavy atom. The number of benzene rings is 1. The number of carbonyl (C=O) groups is 1. The van der Waals surface area contributed by atoms with Crippen LogP contribution in [0.5, 0.6) is 5.75 Å². The maximum atomic E-state index is 13.0. The molecule has 1 amide bonds. The fraction of sp³-hybridized carbons (Fsp3) is 0.391. The lowest BCUT2D eigenvalue weighted by atomic mass is 10.0. The van der Waals surface area contributed by atoms with Crippen molar-refractivity contribution in [2.24, 2.45) is 0 Å². The van der Waals surface area contributed by atoms with Crippen molar-refractivity contribution < 1.29 is 9.53 Å². The van der Waals surface area contributed by atoms with E-state index in [0.717, 1.165) is 35.1 Å². The van der Waals surface area contributed by atoms with Gasteiger partial charge in [-0.05, 0) is 62.0 Å². The first-order chi connectivity index (χ1) is 14.7. The van der Waals surface area contributed by atoms with Crippen LogP contribution >= 0.6 is 22.7 Å². The van der Waals surface area contributed by atoms with Crippen molar-refractivity contribution in [3.05, 3.63) is 57.2 Å². The molecule has 1 atom stereocenters. The van der Waals surface area contributed by atoms with Crippen molar-refractivity contribution in [1.82, 2.24) is 15.2 Å². The van der Waals surface area contributed by atoms with Gasteiger partial charge in [0.05, 0.1) is 18.8 Å². The van der Waals surface area contributed by atoms with Crippen LogP contribution in [0.1, 0.15) is 46.2 Å². The number of nitrogens with one attached hydrogen (secondary N) is 1. The topological polar surface area (TPSA) is 54.5 Å². The molecule has 1 aliphatic rings. The number of nitrogens with zero attached hydrogens (tertiary/aromatic N) is 2. The Bertz CT molecular complexity index is 961. The molecule has 1 unspecified atom stereocenters. The van der Waals surface area contributed by atoms with E-state index in [9.17, 15) is 4.79 Å². The minimum Gasteiger partial charge on any atom is -0.497 e. The molecule has 7 heteroatoms. The van der Waals surface area contributed by atoms with E-state index >= 15 is 0 Å². The van der Waals surface area contributed by atoms with Crippen molar-refractivity contribution in [1.29, 1.82) is 0 Å². The lowest BCUT2D eigenvalue weighted by molar-refractivity contribution is 0.0927. The number of hydrogen-bond donors (Lipinski definition) is 1. The molecule has 3 aromatic rings. The van der Waals surface area contributed by atoms with E-state index in [1.165, 1.54) is 36.2 Å². The van der Waals surface area contributed by atoms with Gasteiger partial charge in [-0.15, -0.1) is 11.3 Å². The summed E-state index contributed by atoms with van der Waals surface area (Å²) in [5, 5.41) is 8.19. The summed E-state index contributed by atoms with van der Waals surface area (Å²) >= 11 is 3.11. The highest BCUT2D eigenvalue weighted by molar-refractivity contribution is 7.17. The number of methoxy groups -OCH3 is 1. The van der Waals surface area contributed by atoms with Crippen molar-refractivity contribution in [3.63, 3.8) is 0 Å². The van der Waals surface area contributed by atoms with E-state index in [2.05, 4.69) is 32.7 Å². The summed E-state index contributed by atoms with van der Waals surface area (Å²) in [7, 11) is 1.68. The molecule has 0 bridgehead atoms. The number of ether oxygens (including phenoxy) is 1. The molecule has 3 heterocycles. The average molecular weight is 442 g/mol. The second-order valence-electron chi connectivity index (χ2n) is 7.54. The maximum Gasteiger partial charge on any atom is 0.263 e. The SMILES string of the molecule is COc1ccc(C(CNC(=O)c2sc(-c3ccsc3)nc2C)N2CCCCC2)cc1.